The van der Waals surface area contributed by atoms with Crippen LogP contribution in [0, 0.1) is 13.8 Å². The van der Waals surface area contributed by atoms with Crippen molar-refractivity contribution < 1.29 is 0 Å². The van der Waals surface area contributed by atoms with Crippen LogP contribution in [-0.4, -0.2) is 20.8 Å². The van der Waals surface area contributed by atoms with Gasteiger partial charge in [0.1, 0.15) is 4.87 Å². The Labute approximate surface area is 226 Å². The normalized spacial score (nSPS) is 13.6. The quantitative estimate of drug-likeness (QED) is 0.139. The molecule has 1 unspecified atom stereocenters. The highest BCUT2D eigenvalue weighted by molar-refractivity contribution is 6.31. The summed E-state index contributed by atoms with van der Waals surface area (Å²) in [6, 6.07) is 22.5. The fourth-order valence-electron chi connectivity index (χ4n) is 5.14. The van der Waals surface area contributed by atoms with Crippen molar-refractivity contribution in [3.63, 3.8) is 0 Å². The molecule has 0 fully saturated rings. The van der Waals surface area contributed by atoms with Gasteiger partial charge in [-0.1, -0.05) is 59.6 Å². The van der Waals surface area contributed by atoms with Crippen molar-refractivity contribution in [1.82, 2.24) is 14.1 Å². The standard InChI is InChI=1S/C30H27Cl2N5/c1-19-7-6-8-21(15-19)28-20(2)29(35-33-3)37(5)26-14-11-23(16-25(26)28)30(32,27-17-34-18-36(27)4)22-9-12-24(31)13-10-22/h6-18H,3H2,1-2,4-5H3/b35-29-. The van der Waals surface area contributed by atoms with Gasteiger partial charge >= 0.3 is 0 Å². The molecule has 5 nitrogen and oxygen atoms in total. The Morgan fingerprint density at radius 1 is 0.946 bits per heavy atom. The minimum absolute atomic E-state index is 0.655. The molecule has 0 aliphatic carbocycles. The van der Waals surface area contributed by atoms with Gasteiger partial charge in [0.25, 0.3) is 0 Å². The first-order chi connectivity index (χ1) is 17.8. The number of hydrogen-bond acceptors (Lipinski definition) is 3. The number of alkyl halides is 1. The lowest BCUT2D eigenvalue weighted by atomic mass is 9.85. The third-order valence-electron chi connectivity index (χ3n) is 6.94. The van der Waals surface area contributed by atoms with E-state index in [1.165, 1.54) is 5.56 Å². The zero-order valence-electron chi connectivity index (χ0n) is 21.2. The van der Waals surface area contributed by atoms with Gasteiger partial charge in [-0.25, -0.2) is 4.98 Å². The molecule has 0 amide bonds. The topological polar surface area (TPSA) is 47.5 Å². The van der Waals surface area contributed by atoms with E-state index in [-0.39, 0.29) is 0 Å². The third-order valence-corrected chi connectivity index (χ3v) is 7.82. The predicted octanol–water partition coefficient (Wildman–Crippen LogP) is 6.90. The van der Waals surface area contributed by atoms with E-state index in [0.717, 1.165) is 49.9 Å². The highest BCUT2D eigenvalue weighted by Crippen LogP contribution is 2.45. The average molecular weight is 528 g/mol. The molecule has 7 heteroatoms. The first kappa shape index (κ1) is 25.0. The van der Waals surface area contributed by atoms with E-state index >= 15 is 0 Å². The lowest BCUT2D eigenvalue weighted by Crippen LogP contribution is -2.26. The number of pyridine rings is 1. The minimum atomic E-state index is -0.994. The molecular weight excluding hydrogens is 501 g/mol. The van der Waals surface area contributed by atoms with Crippen molar-refractivity contribution >= 4 is 40.8 Å². The molecule has 0 spiro atoms. The maximum Gasteiger partial charge on any atom is 0.158 e. The first-order valence-electron chi connectivity index (χ1n) is 11.9. The van der Waals surface area contributed by atoms with Crippen molar-refractivity contribution in [2.45, 2.75) is 18.7 Å². The van der Waals surface area contributed by atoms with Gasteiger partial charge in [0, 0.05) is 36.8 Å². The van der Waals surface area contributed by atoms with Gasteiger partial charge in [-0.2, -0.15) is 5.10 Å². The Bertz CT molecular complexity index is 1710. The van der Waals surface area contributed by atoms with E-state index in [2.05, 4.69) is 78.2 Å². The number of hydrogen-bond donors (Lipinski definition) is 0. The van der Waals surface area contributed by atoms with Crippen molar-refractivity contribution in [1.29, 1.82) is 0 Å². The van der Waals surface area contributed by atoms with Crippen LogP contribution < -0.4 is 5.49 Å². The number of aryl methyl sites for hydroxylation is 3. The van der Waals surface area contributed by atoms with E-state index in [9.17, 15) is 0 Å². The van der Waals surface area contributed by atoms with Gasteiger partial charge in [0.15, 0.2) is 5.49 Å². The molecule has 0 aliphatic rings. The summed E-state index contributed by atoms with van der Waals surface area (Å²) in [5.74, 6) is 0. The van der Waals surface area contributed by atoms with E-state index < -0.39 is 4.87 Å². The molecule has 0 bridgehead atoms. The molecule has 1 atom stereocenters. The number of rotatable bonds is 5. The van der Waals surface area contributed by atoms with Crippen molar-refractivity contribution in [3.05, 3.63) is 118 Å². The van der Waals surface area contributed by atoms with Crippen LogP contribution in [0.5, 0.6) is 0 Å². The van der Waals surface area contributed by atoms with E-state index in [0.29, 0.717) is 5.02 Å². The highest BCUT2D eigenvalue weighted by atomic mass is 35.5. The summed E-state index contributed by atoms with van der Waals surface area (Å²) in [7, 11) is 3.95. The maximum absolute atomic E-state index is 7.65. The minimum Gasteiger partial charge on any atom is -0.336 e. The van der Waals surface area contributed by atoms with Gasteiger partial charge in [-0.15, -0.1) is 16.7 Å². The summed E-state index contributed by atoms with van der Waals surface area (Å²) in [6.07, 6.45) is 3.58. The van der Waals surface area contributed by atoms with Gasteiger partial charge in [0.05, 0.1) is 23.7 Å². The second kappa shape index (κ2) is 9.66. The summed E-state index contributed by atoms with van der Waals surface area (Å²) in [5.41, 5.74) is 8.83. The summed E-state index contributed by atoms with van der Waals surface area (Å²) in [6.45, 7) is 7.76. The van der Waals surface area contributed by atoms with E-state index in [4.69, 9.17) is 23.2 Å². The van der Waals surface area contributed by atoms with Crippen LogP contribution in [0.2, 0.25) is 5.02 Å². The SMILES string of the molecule is C=N/N=c1/c(C)c(-c2cccc(C)c2)c2cc(C(Cl)(c3ccc(Cl)cc3)c3cncn3C)ccc2n1C. The molecule has 2 aromatic heterocycles. The van der Waals surface area contributed by atoms with Crippen LogP contribution in [0.25, 0.3) is 22.0 Å². The Hall–Kier alpha value is -3.67. The van der Waals surface area contributed by atoms with Crippen LogP contribution in [-0.2, 0) is 19.0 Å². The number of halogens is 2. The Morgan fingerprint density at radius 2 is 1.68 bits per heavy atom. The van der Waals surface area contributed by atoms with Gasteiger partial charge in [-0.3, -0.25) is 0 Å². The number of imidazole rings is 1. The highest BCUT2D eigenvalue weighted by Gasteiger charge is 2.37. The molecule has 2 heterocycles. The van der Waals surface area contributed by atoms with Crippen LogP contribution in [0.4, 0.5) is 0 Å². The van der Waals surface area contributed by atoms with Crippen molar-refractivity contribution in [3.8, 4) is 11.1 Å². The summed E-state index contributed by atoms with van der Waals surface area (Å²) < 4.78 is 4.00. The molecule has 37 heavy (non-hydrogen) atoms. The molecule has 0 radical (unpaired) electrons. The van der Waals surface area contributed by atoms with E-state index in [1.54, 1.807) is 6.33 Å². The fraction of sp³-hybridized carbons (Fsp3) is 0.167. The van der Waals surface area contributed by atoms with Crippen molar-refractivity contribution in [2.75, 3.05) is 0 Å². The summed E-state index contributed by atoms with van der Waals surface area (Å²) >= 11 is 13.9. The zero-order chi connectivity index (χ0) is 26.3. The molecular formula is C30H27Cl2N5. The molecule has 0 saturated carbocycles. The lowest BCUT2D eigenvalue weighted by Gasteiger charge is -2.30. The molecule has 186 valence electrons. The van der Waals surface area contributed by atoms with Gasteiger partial charge < -0.3 is 9.13 Å². The Kier molecular flexibility index (Phi) is 6.52. The van der Waals surface area contributed by atoms with Gasteiger partial charge in [-0.05, 0) is 60.4 Å². The Balaban J connectivity index is 1.90. The molecule has 0 N–H and O–H groups in total. The van der Waals surface area contributed by atoms with Crippen LogP contribution in [0.3, 0.4) is 0 Å². The van der Waals surface area contributed by atoms with Crippen LogP contribution in [0.15, 0.2) is 89.5 Å². The maximum atomic E-state index is 7.65. The lowest BCUT2D eigenvalue weighted by molar-refractivity contribution is 0.746. The summed E-state index contributed by atoms with van der Waals surface area (Å²) in [4.78, 5) is 3.38. The predicted molar refractivity (Wildman–Crippen MR) is 153 cm³/mol. The first-order valence-corrected chi connectivity index (χ1v) is 12.6. The number of fused-ring (bicyclic) bond motifs is 1. The van der Waals surface area contributed by atoms with Gasteiger partial charge in [0.2, 0.25) is 0 Å². The molecule has 0 aliphatic heterocycles. The smallest absolute Gasteiger partial charge is 0.158 e. The molecule has 0 saturated heterocycles. The second-order valence-corrected chi connectivity index (χ2v) is 10.3. The number of nitrogens with zero attached hydrogens (tertiary/aromatic N) is 5. The molecule has 3 aromatic carbocycles. The third kappa shape index (κ3) is 4.18. The monoisotopic (exact) mass is 527 g/mol. The number of benzene rings is 3. The fourth-order valence-corrected chi connectivity index (χ4v) is 5.69. The van der Waals surface area contributed by atoms with Crippen LogP contribution >= 0.6 is 23.2 Å². The van der Waals surface area contributed by atoms with Crippen molar-refractivity contribution in [2.24, 2.45) is 24.3 Å². The largest absolute Gasteiger partial charge is 0.336 e. The average Bonchev–Trinajstić information content (AvgIpc) is 3.32. The van der Waals surface area contributed by atoms with E-state index in [1.807, 2.05) is 53.7 Å². The second-order valence-electron chi connectivity index (χ2n) is 9.28. The Morgan fingerprint density at radius 3 is 2.32 bits per heavy atom. The van der Waals surface area contributed by atoms with Crippen LogP contribution in [0.1, 0.15) is 27.9 Å². The number of aromatic nitrogens is 3. The molecule has 5 aromatic rings. The zero-order valence-corrected chi connectivity index (χ0v) is 22.7. The summed E-state index contributed by atoms with van der Waals surface area (Å²) in [5, 5.41) is 9.93. The molecule has 5 rings (SSSR count).